The van der Waals surface area contributed by atoms with Crippen LogP contribution in [0.25, 0.3) is 0 Å². The summed E-state index contributed by atoms with van der Waals surface area (Å²) in [6, 6.07) is 0.235. The summed E-state index contributed by atoms with van der Waals surface area (Å²) in [5.41, 5.74) is 5.63. The SMILES string of the molecule is CCCOc1nc(N)nc(N(CCC)CCO)n1. The zero-order valence-corrected chi connectivity index (χ0v) is 11.0. The molecule has 18 heavy (non-hydrogen) atoms. The van der Waals surface area contributed by atoms with Crippen LogP contribution < -0.4 is 15.4 Å². The first-order chi connectivity index (χ1) is 8.71. The topological polar surface area (TPSA) is 97.4 Å². The van der Waals surface area contributed by atoms with Crippen molar-refractivity contribution in [1.82, 2.24) is 15.0 Å². The van der Waals surface area contributed by atoms with E-state index in [0.717, 1.165) is 19.4 Å². The Labute approximate surface area is 107 Å². The van der Waals surface area contributed by atoms with Gasteiger partial charge in [0.15, 0.2) is 0 Å². The van der Waals surface area contributed by atoms with Crippen LogP contribution in [0.2, 0.25) is 0 Å². The third-order valence-electron chi connectivity index (χ3n) is 2.20. The number of anilines is 2. The first-order valence-corrected chi connectivity index (χ1v) is 6.21. The average molecular weight is 255 g/mol. The van der Waals surface area contributed by atoms with E-state index in [9.17, 15) is 0 Å². The molecule has 0 bridgehead atoms. The van der Waals surface area contributed by atoms with Crippen LogP contribution in [0.3, 0.4) is 0 Å². The van der Waals surface area contributed by atoms with Crippen molar-refractivity contribution >= 4 is 11.9 Å². The molecule has 0 unspecified atom stereocenters. The molecule has 1 heterocycles. The molecule has 1 aromatic rings. The molecule has 1 aromatic heterocycles. The smallest absolute Gasteiger partial charge is 0.323 e. The van der Waals surface area contributed by atoms with Gasteiger partial charge in [0, 0.05) is 13.1 Å². The van der Waals surface area contributed by atoms with Crippen molar-refractivity contribution in [2.75, 3.05) is 36.9 Å². The van der Waals surface area contributed by atoms with E-state index >= 15 is 0 Å². The quantitative estimate of drug-likeness (QED) is 0.696. The lowest BCUT2D eigenvalue weighted by atomic mass is 10.4. The summed E-state index contributed by atoms with van der Waals surface area (Å²) in [4.78, 5) is 14.0. The summed E-state index contributed by atoms with van der Waals surface area (Å²) in [7, 11) is 0. The zero-order valence-electron chi connectivity index (χ0n) is 11.0. The van der Waals surface area contributed by atoms with Crippen LogP contribution in [0.4, 0.5) is 11.9 Å². The first kappa shape index (κ1) is 14.4. The second-order valence-corrected chi connectivity index (χ2v) is 3.84. The van der Waals surface area contributed by atoms with Crippen LogP contribution in [0.15, 0.2) is 0 Å². The predicted molar refractivity (Wildman–Crippen MR) is 69.6 cm³/mol. The molecule has 0 radical (unpaired) electrons. The molecule has 0 fully saturated rings. The van der Waals surface area contributed by atoms with Crippen LogP contribution in [-0.4, -0.2) is 46.4 Å². The average Bonchev–Trinajstić information content (AvgIpc) is 2.35. The largest absolute Gasteiger partial charge is 0.463 e. The molecule has 0 aliphatic rings. The molecule has 102 valence electrons. The minimum atomic E-state index is 0.0384. The van der Waals surface area contributed by atoms with E-state index < -0.39 is 0 Å². The normalized spacial score (nSPS) is 10.4. The summed E-state index contributed by atoms with van der Waals surface area (Å²) in [5, 5.41) is 9.03. The lowest BCUT2D eigenvalue weighted by molar-refractivity contribution is 0.289. The van der Waals surface area contributed by atoms with Gasteiger partial charge in [0.2, 0.25) is 11.9 Å². The summed E-state index contributed by atoms with van der Waals surface area (Å²) < 4.78 is 5.35. The van der Waals surface area contributed by atoms with Gasteiger partial charge in [-0.2, -0.15) is 15.0 Å². The Kier molecular flexibility index (Phi) is 6.13. The van der Waals surface area contributed by atoms with Crippen molar-refractivity contribution in [3.05, 3.63) is 0 Å². The molecule has 0 spiro atoms. The molecule has 0 amide bonds. The number of aliphatic hydroxyl groups is 1. The molecular formula is C11H21N5O2. The summed E-state index contributed by atoms with van der Waals surface area (Å²) in [6.07, 6.45) is 1.80. The van der Waals surface area contributed by atoms with Crippen LogP contribution in [0.5, 0.6) is 6.01 Å². The summed E-state index contributed by atoms with van der Waals surface area (Å²) in [6.45, 7) is 5.83. The standard InChI is InChI=1S/C11H21N5O2/c1-3-5-16(6-7-17)10-13-9(12)14-11(15-10)18-8-4-2/h17H,3-8H2,1-2H3,(H2,12,13,14,15). The van der Waals surface area contributed by atoms with Crippen molar-refractivity contribution in [2.45, 2.75) is 26.7 Å². The van der Waals surface area contributed by atoms with Gasteiger partial charge in [-0.1, -0.05) is 13.8 Å². The highest BCUT2D eigenvalue weighted by molar-refractivity contribution is 5.35. The first-order valence-electron chi connectivity index (χ1n) is 6.21. The van der Waals surface area contributed by atoms with Crippen LogP contribution in [-0.2, 0) is 0 Å². The van der Waals surface area contributed by atoms with Gasteiger partial charge in [-0.15, -0.1) is 0 Å². The third kappa shape index (κ3) is 4.33. The lowest BCUT2D eigenvalue weighted by Crippen LogP contribution is -2.29. The Bertz CT molecular complexity index is 355. The monoisotopic (exact) mass is 255 g/mol. The van der Waals surface area contributed by atoms with E-state index in [4.69, 9.17) is 15.6 Å². The second-order valence-electron chi connectivity index (χ2n) is 3.84. The van der Waals surface area contributed by atoms with Gasteiger partial charge in [0.25, 0.3) is 0 Å². The highest BCUT2D eigenvalue weighted by Gasteiger charge is 2.12. The molecule has 3 N–H and O–H groups in total. The Morgan fingerprint density at radius 1 is 1.17 bits per heavy atom. The van der Waals surface area contributed by atoms with Gasteiger partial charge in [-0.3, -0.25) is 0 Å². The fourth-order valence-electron chi connectivity index (χ4n) is 1.46. The van der Waals surface area contributed by atoms with Crippen LogP contribution >= 0.6 is 0 Å². The maximum atomic E-state index is 9.03. The Morgan fingerprint density at radius 3 is 2.56 bits per heavy atom. The number of rotatable bonds is 8. The Hall–Kier alpha value is -1.63. The predicted octanol–water partition coefficient (Wildman–Crippen LogP) is 0.451. The van der Waals surface area contributed by atoms with Gasteiger partial charge < -0.3 is 20.5 Å². The maximum absolute atomic E-state index is 9.03. The summed E-state index contributed by atoms with van der Waals surface area (Å²) >= 11 is 0. The summed E-state index contributed by atoms with van der Waals surface area (Å²) in [5.74, 6) is 0.578. The minimum absolute atomic E-state index is 0.0384. The fourth-order valence-corrected chi connectivity index (χ4v) is 1.46. The molecule has 0 aromatic carbocycles. The number of nitrogen functional groups attached to an aromatic ring is 1. The number of nitrogens with zero attached hydrogens (tertiary/aromatic N) is 4. The van der Waals surface area contributed by atoms with Gasteiger partial charge in [-0.05, 0) is 12.8 Å². The van der Waals surface area contributed by atoms with E-state index in [-0.39, 0.29) is 18.6 Å². The van der Waals surface area contributed by atoms with E-state index in [2.05, 4.69) is 15.0 Å². The molecule has 7 heteroatoms. The van der Waals surface area contributed by atoms with Crippen molar-refractivity contribution in [2.24, 2.45) is 0 Å². The molecule has 0 aliphatic carbocycles. The lowest BCUT2D eigenvalue weighted by Gasteiger charge is -2.21. The molecular weight excluding hydrogens is 234 g/mol. The number of nitrogens with two attached hydrogens (primary N) is 1. The van der Waals surface area contributed by atoms with Crippen molar-refractivity contribution < 1.29 is 9.84 Å². The fraction of sp³-hybridized carbons (Fsp3) is 0.727. The number of aromatic nitrogens is 3. The van der Waals surface area contributed by atoms with Crippen LogP contribution in [0, 0.1) is 0 Å². The Balaban J connectivity index is 2.87. The number of hydrogen-bond acceptors (Lipinski definition) is 7. The van der Waals surface area contributed by atoms with Crippen LogP contribution in [0.1, 0.15) is 26.7 Å². The number of hydrogen-bond donors (Lipinski definition) is 2. The maximum Gasteiger partial charge on any atom is 0.323 e. The molecule has 1 rings (SSSR count). The van der Waals surface area contributed by atoms with Crippen molar-refractivity contribution in [3.8, 4) is 6.01 Å². The minimum Gasteiger partial charge on any atom is -0.463 e. The van der Waals surface area contributed by atoms with Gasteiger partial charge in [0.1, 0.15) is 0 Å². The van der Waals surface area contributed by atoms with Gasteiger partial charge in [-0.25, -0.2) is 0 Å². The molecule has 0 saturated carbocycles. The van der Waals surface area contributed by atoms with Crippen molar-refractivity contribution in [3.63, 3.8) is 0 Å². The second kappa shape index (κ2) is 7.65. The Morgan fingerprint density at radius 2 is 1.94 bits per heavy atom. The number of ether oxygens (including phenoxy) is 1. The van der Waals surface area contributed by atoms with E-state index in [0.29, 0.717) is 19.1 Å². The van der Waals surface area contributed by atoms with Gasteiger partial charge in [0.05, 0.1) is 13.2 Å². The third-order valence-corrected chi connectivity index (χ3v) is 2.20. The van der Waals surface area contributed by atoms with E-state index in [1.165, 1.54) is 0 Å². The molecule has 0 aliphatic heterocycles. The zero-order chi connectivity index (χ0) is 13.4. The molecule has 0 saturated heterocycles. The molecule has 0 atom stereocenters. The van der Waals surface area contributed by atoms with Crippen molar-refractivity contribution in [1.29, 1.82) is 0 Å². The highest BCUT2D eigenvalue weighted by Crippen LogP contribution is 2.13. The van der Waals surface area contributed by atoms with E-state index in [1.54, 1.807) is 0 Å². The van der Waals surface area contributed by atoms with Gasteiger partial charge >= 0.3 is 6.01 Å². The van der Waals surface area contributed by atoms with E-state index in [1.807, 2.05) is 18.7 Å². The highest BCUT2D eigenvalue weighted by atomic mass is 16.5. The molecule has 7 nitrogen and oxygen atoms in total. The number of aliphatic hydroxyl groups excluding tert-OH is 1.